The zero-order chi connectivity index (χ0) is 15.3. The van der Waals surface area contributed by atoms with Crippen molar-refractivity contribution in [2.75, 3.05) is 6.61 Å². The number of ether oxygens (including phenoxy) is 1. The molecule has 1 aromatic rings. The first kappa shape index (κ1) is 16.8. The van der Waals surface area contributed by atoms with Crippen molar-refractivity contribution in [2.45, 2.75) is 45.7 Å². The van der Waals surface area contributed by atoms with Crippen molar-refractivity contribution >= 4 is 17.5 Å². The molecule has 1 atom stereocenters. The molecule has 0 bridgehead atoms. The van der Waals surface area contributed by atoms with Gasteiger partial charge in [-0.2, -0.15) is 0 Å². The molecule has 0 radical (unpaired) electrons. The van der Waals surface area contributed by atoms with Crippen molar-refractivity contribution in [2.24, 2.45) is 5.73 Å². The number of carbonyl (C=O) groups excluding carboxylic acids is 1. The van der Waals surface area contributed by atoms with Crippen molar-refractivity contribution in [3.63, 3.8) is 0 Å². The van der Waals surface area contributed by atoms with Gasteiger partial charge in [-0.25, -0.2) is 0 Å². The Morgan fingerprint density at radius 3 is 2.70 bits per heavy atom. The summed E-state index contributed by atoms with van der Waals surface area (Å²) in [4.78, 5) is 11.8. The van der Waals surface area contributed by atoms with Crippen molar-refractivity contribution in [1.82, 2.24) is 5.32 Å². The van der Waals surface area contributed by atoms with Gasteiger partial charge in [-0.3, -0.25) is 4.79 Å². The average molecular weight is 299 g/mol. The Morgan fingerprint density at radius 1 is 1.50 bits per heavy atom. The van der Waals surface area contributed by atoms with E-state index in [-0.39, 0.29) is 24.1 Å². The van der Waals surface area contributed by atoms with Crippen LogP contribution in [0.3, 0.4) is 0 Å². The molecule has 0 aliphatic heterocycles. The van der Waals surface area contributed by atoms with Gasteiger partial charge >= 0.3 is 0 Å². The van der Waals surface area contributed by atoms with Gasteiger partial charge in [0.05, 0.1) is 0 Å². The van der Waals surface area contributed by atoms with Crippen LogP contribution in [0.4, 0.5) is 0 Å². The molecule has 0 saturated heterocycles. The molecular weight excluding hydrogens is 276 g/mol. The first-order valence-corrected chi connectivity index (χ1v) is 7.12. The van der Waals surface area contributed by atoms with E-state index in [1.807, 2.05) is 27.7 Å². The molecule has 0 aromatic heterocycles. The van der Waals surface area contributed by atoms with Gasteiger partial charge < -0.3 is 15.8 Å². The SMILES string of the molecule is CCC(C)(C)NC(=O)COc1ccc(Cl)cc1C(C)N. The first-order chi connectivity index (χ1) is 9.25. The highest BCUT2D eigenvalue weighted by molar-refractivity contribution is 6.30. The fraction of sp³-hybridized carbons (Fsp3) is 0.533. The van der Waals surface area contributed by atoms with Crippen LogP contribution in [0.1, 0.15) is 45.7 Å². The Morgan fingerprint density at radius 2 is 2.15 bits per heavy atom. The summed E-state index contributed by atoms with van der Waals surface area (Å²) in [6, 6.07) is 5.00. The van der Waals surface area contributed by atoms with Crippen LogP contribution in [-0.4, -0.2) is 18.1 Å². The Bertz CT molecular complexity index is 473. The number of carbonyl (C=O) groups is 1. The van der Waals surface area contributed by atoms with E-state index in [4.69, 9.17) is 22.1 Å². The third-order valence-electron chi connectivity index (χ3n) is 3.18. The fourth-order valence-electron chi connectivity index (χ4n) is 1.65. The lowest BCUT2D eigenvalue weighted by molar-refractivity contribution is -0.124. The van der Waals surface area contributed by atoms with Gasteiger partial charge in [0.2, 0.25) is 0 Å². The van der Waals surface area contributed by atoms with Gasteiger partial charge in [-0.15, -0.1) is 0 Å². The number of halogens is 1. The van der Waals surface area contributed by atoms with Crippen molar-refractivity contribution in [3.8, 4) is 5.75 Å². The van der Waals surface area contributed by atoms with Gasteiger partial charge in [0.1, 0.15) is 5.75 Å². The van der Waals surface area contributed by atoms with E-state index in [0.29, 0.717) is 10.8 Å². The van der Waals surface area contributed by atoms with Crippen molar-refractivity contribution in [1.29, 1.82) is 0 Å². The highest BCUT2D eigenvalue weighted by Gasteiger charge is 2.18. The van der Waals surface area contributed by atoms with Crippen LogP contribution in [0.2, 0.25) is 5.02 Å². The van der Waals surface area contributed by atoms with Gasteiger partial charge in [0, 0.05) is 22.2 Å². The monoisotopic (exact) mass is 298 g/mol. The summed E-state index contributed by atoms with van der Waals surface area (Å²) in [6.07, 6.45) is 0.852. The molecule has 1 amide bonds. The summed E-state index contributed by atoms with van der Waals surface area (Å²) < 4.78 is 5.55. The number of rotatable bonds is 6. The molecule has 5 heteroatoms. The maximum atomic E-state index is 11.8. The standard InChI is InChI=1S/C15H23ClN2O2/c1-5-15(3,4)18-14(19)9-20-13-7-6-11(16)8-12(13)10(2)17/h6-8,10H,5,9,17H2,1-4H3,(H,18,19). The van der Waals surface area contributed by atoms with Crippen LogP contribution in [0.15, 0.2) is 18.2 Å². The summed E-state index contributed by atoms with van der Waals surface area (Å²) in [7, 11) is 0. The zero-order valence-electron chi connectivity index (χ0n) is 12.5. The normalized spacial score (nSPS) is 12.9. The van der Waals surface area contributed by atoms with Crippen molar-refractivity contribution in [3.05, 3.63) is 28.8 Å². The summed E-state index contributed by atoms with van der Waals surface area (Å²) in [6.45, 7) is 7.78. The van der Waals surface area contributed by atoms with Crippen molar-refractivity contribution < 1.29 is 9.53 Å². The number of nitrogens with two attached hydrogens (primary N) is 1. The summed E-state index contributed by atoms with van der Waals surface area (Å²) >= 11 is 5.94. The second-order valence-corrected chi connectivity index (χ2v) is 5.98. The molecule has 20 heavy (non-hydrogen) atoms. The predicted molar refractivity (Wildman–Crippen MR) is 82.1 cm³/mol. The maximum absolute atomic E-state index is 11.8. The molecule has 0 saturated carbocycles. The number of benzene rings is 1. The Kier molecular flexibility index (Phi) is 5.84. The van der Waals surface area contributed by atoms with Crippen LogP contribution in [-0.2, 0) is 4.79 Å². The lowest BCUT2D eigenvalue weighted by Crippen LogP contribution is -2.44. The summed E-state index contributed by atoms with van der Waals surface area (Å²) in [5.74, 6) is 0.441. The molecule has 0 heterocycles. The molecule has 1 rings (SSSR count). The summed E-state index contributed by atoms with van der Waals surface area (Å²) in [5, 5.41) is 3.51. The van der Waals surface area contributed by atoms with E-state index < -0.39 is 0 Å². The third kappa shape index (κ3) is 5.02. The largest absolute Gasteiger partial charge is 0.483 e. The number of hydrogen-bond acceptors (Lipinski definition) is 3. The van der Waals surface area contributed by atoms with Crippen LogP contribution < -0.4 is 15.8 Å². The lowest BCUT2D eigenvalue weighted by Gasteiger charge is -2.24. The Labute approximate surface area is 125 Å². The van der Waals surface area contributed by atoms with Crippen LogP contribution in [0.25, 0.3) is 0 Å². The van der Waals surface area contributed by atoms with Gasteiger partial charge in [0.25, 0.3) is 5.91 Å². The highest BCUT2D eigenvalue weighted by Crippen LogP contribution is 2.27. The number of amides is 1. The molecule has 0 aliphatic carbocycles. The minimum Gasteiger partial charge on any atom is -0.483 e. The average Bonchev–Trinajstić information content (AvgIpc) is 2.36. The minimum atomic E-state index is -0.232. The molecule has 3 N–H and O–H groups in total. The van der Waals surface area contributed by atoms with Gasteiger partial charge in [-0.1, -0.05) is 18.5 Å². The van der Waals surface area contributed by atoms with Crippen LogP contribution >= 0.6 is 11.6 Å². The van der Waals surface area contributed by atoms with Gasteiger partial charge in [0.15, 0.2) is 6.61 Å². The molecule has 0 fully saturated rings. The molecule has 1 aromatic carbocycles. The number of nitrogens with one attached hydrogen (secondary N) is 1. The smallest absolute Gasteiger partial charge is 0.258 e. The van der Waals surface area contributed by atoms with E-state index in [2.05, 4.69) is 5.32 Å². The van der Waals surface area contributed by atoms with E-state index in [1.54, 1.807) is 18.2 Å². The summed E-state index contributed by atoms with van der Waals surface area (Å²) in [5.41, 5.74) is 6.43. The fourth-order valence-corrected chi connectivity index (χ4v) is 1.83. The predicted octanol–water partition coefficient (Wildman–Crippen LogP) is 3.04. The van der Waals surface area contributed by atoms with E-state index in [9.17, 15) is 4.79 Å². The molecular formula is C15H23ClN2O2. The van der Waals surface area contributed by atoms with E-state index in [1.165, 1.54) is 0 Å². The van der Waals surface area contributed by atoms with Crippen LogP contribution in [0.5, 0.6) is 5.75 Å². The quantitative estimate of drug-likeness (QED) is 0.848. The molecule has 4 nitrogen and oxygen atoms in total. The second-order valence-electron chi connectivity index (χ2n) is 5.55. The topological polar surface area (TPSA) is 64.3 Å². The minimum absolute atomic E-state index is 0.0369. The Hall–Kier alpha value is -1.26. The number of hydrogen-bond donors (Lipinski definition) is 2. The highest BCUT2D eigenvalue weighted by atomic mass is 35.5. The second kappa shape index (κ2) is 6.95. The molecule has 0 aliphatic rings. The maximum Gasteiger partial charge on any atom is 0.258 e. The molecule has 0 spiro atoms. The van der Waals surface area contributed by atoms with Gasteiger partial charge in [-0.05, 0) is 45.4 Å². The lowest BCUT2D eigenvalue weighted by atomic mass is 10.0. The first-order valence-electron chi connectivity index (χ1n) is 6.74. The van der Waals surface area contributed by atoms with E-state index in [0.717, 1.165) is 12.0 Å². The van der Waals surface area contributed by atoms with Crippen LogP contribution in [0, 0.1) is 0 Å². The van der Waals surface area contributed by atoms with E-state index >= 15 is 0 Å². The third-order valence-corrected chi connectivity index (χ3v) is 3.42. The molecule has 1 unspecified atom stereocenters. The Balaban J connectivity index is 2.68. The molecule has 112 valence electrons. The zero-order valence-corrected chi connectivity index (χ0v) is 13.3.